The van der Waals surface area contributed by atoms with Gasteiger partial charge in [0.15, 0.2) is 0 Å². The molecule has 0 saturated heterocycles. The van der Waals surface area contributed by atoms with E-state index in [4.69, 9.17) is 5.73 Å². The fourth-order valence-corrected chi connectivity index (χ4v) is 2.24. The molecule has 104 valence electrons. The number of amides is 1. The molecule has 4 heteroatoms. The van der Waals surface area contributed by atoms with Gasteiger partial charge in [-0.25, -0.2) is 4.39 Å². The Hall–Kier alpha value is -1.42. The van der Waals surface area contributed by atoms with Gasteiger partial charge in [0.2, 0.25) is 5.91 Å². The molecule has 0 spiro atoms. The first-order chi connectivity index (χ1) is 9.20. The second-order valence-electron chi connectivity index (χ2n) is 5.09. The summed E-state index contributed by atoms with van der Waals surface area (Å²) in [4.78, 5) is 14.0. The number of nitrogens with zero attached hydrogens (tertiary/aromatic N) is 1. The van der Waals surface area contributed by atoms with Crippen LogP contribution in [0.15, 0.2) is 24.3 Å². The molecule has 1 amide bonds. The van der Waals surface area contributed by atoms with Crippen molar-refractivity contribution < 1.29 is 9.18 Å². The van der Waals surface area contributed by atoms with E-state index in [1.807, 2.05) is 11.0 Å². The fraction of sp³-hybridized carbons (Fsp3) is 0.533. The summed E-state index contributed by atoms with van der Waals surface area (Å²) in [6.07, 6.45) is 4.16. The Morgan fingerprint density at radius 3 is 2.84 bits per heavy atom. The minimum Gasteiger partial charge on any atom is -0.339 e. The van der Waals surface area contributed by atoms with Gasteiger partial charge in [-0.15, -0.1) is 0 Å². The first-order valence-corrected chi connectivity index (χ1v) is 6.94. The third-order valence-electron chi connectivity index (χ3n) is 3.43. The zero-order chi connectivity index (χ0) is 13.7. The van der Waals surface area contributed by atoms with E-state index in [1.165, 1.54) is 12.1 Å². The van der Waals surface area contributed by atoms with Crippen molar-refractivity contribution >= 4 is 5.91 Å². The molecular weight excluding hydrogens is 243 g/mol. The Balaban J connectivity index is 1.88. The maximum Gasteiger partial charge on any atom is 0.222 e. The van der Waals surface area contributed by atoms with Crippen LogP contribution < -0.4 is 5.73 Å². The van der Waals surface area contributed by atoms with Crippen LogP contribution in [0.1, 0.15) is 31.2 Å². The summed E-state index contributed by atoms with van der Waals surface area (Å²) < 4.78 is 13.1. The molecular formula is C15H21FN2O. The van der Waals surface area contributed by atoms with Gasteiger partial charge < -0.3 is 10.6 Å². The van der Waals surface area contributed by atoms with E-state index in [2.05, 4.69) is 0 Å². The summed E-state index contributed by atoms with van der Waals surface area (Å²) in [7, 11) is 0. The second-order valence-corrected chi connectivity index (χ2v) is 5.09. The van der Waals surface area contributed by atoms with E-state index in [1.54, 1.807) is 6.07 Å². The molecule has 0 aliphatic heterocycles. The summed E-state index contributed by atoms with van der Waals surface area (Å²) in [6.45, 7) is 1.23. The van der Waals surface area contributed by atoms with E-state index in [0.717, 1.165) is 24.8 Å². The highest BCUT2D eigenvalue weighted by Gasteiger charge is 2.31. The molecule has 0 unspecified atom stereocenters. The summed E-state index contributed by atoms with van der Waals surface area (Å²) >= 11 is 0. The molecule has 19 heavy (non-hydrogen) atoms. The Kier molecular flexibility index (Phi) is 4.91. The molecule has 1 aliphatic carbocycles. The number of carbonyl (C=O) groups is 1. The van der Waals surface area contributed by atoms with Gasteiger partial charge in [0.1, 0.15) is 5.82 Å². The molecule has 0 heterocycles. The summed E-state index contributed by atoms with van der Waals surface area (Å²) in [5.74, 6) is -0.0331. The topological polar surface area (TPSA) is 46.3 Å². The van der Waals surface area contributed by atoms with Crippen molar-refractivity contribution in [1.82, 2.24) is 4.90 Å². The highest BCUT2D eigenvalue weighted by atomic mass is 19.1. The number of benzene rings is 1. The molecule has 0 aromatic heterocycles. The lowest BCUT2D eigenvalue weighted by Crippen LogP contribution is -2.35. The third kappa shape index (κ3) is 4.31. The van der Waals surface area contributed by atoms with Gasteiger partial charge in [0, 0.05) is 19.0 Å². The number of hydrogen-bond donors (Lipinski definition) is 1. The van der Waals surface area contributed by atoms with Crippen molar-refractivity contribution in [2.24, 2.45) is 5.73 Å². The van der Waals surface area contributed by atoms with Crippen LogP contribution in [-0.4, -0.2) is 29.9 Å². The molecule has 0 radical (unpaired) electrons. The summed E-state index contributed by atoms with van der Waals surface area (Å²) in [6, 6.07) is 6.99. The van der Waals surface area contributed by atoms with E-state index in [0.29, 0.717) is 32.0 Å². The number of halogens is 1. The first-order valence-electron chi connectivity index (χ1n) is 6.94. The van der Waals surface area contributed by atoms with Crippen molar-refractivity contribution in [1.29, 1.82) is 0 Å². The van der Waals surface area contributed by atoms with Crippen LogP contribution in [0.4, 0.5) is 4.39 Å². The number of hydrogen-bond acceptors (Lipinski definition) is 2. The smallest absolute Gasteiger partial charge is 0.222 e. The predicted octanol–water partition coefficient (Wildman–Crippen LogP) is 2.10. The molecule has 0 bridgehead atoms. The Morgan fingerprint density at radius 1 is 1.42 bits per heavy atom. The molecule has 2 N–H and O–H groups in total. The summed E-state index contributed by atoms with van der Waals surface area (Å²) in [5, 5.41) is 0. The molecule has 1 aromatic rings. The molecule has 1 aromatic carbocycles. The average Bonchev–Trinajstić information content (AvgIpc) is 3.21. The van der Waals surface area contributed by atoms with E-state index in [9.17, 15) is 9.18 Å². The van der Waals surface area contributed by atoms with Crippen LogP contribution in [0.3, 0.4) is 0 Å². The van der Waals surface area contributed by atoms with Gasteiger partial charge in [0.05, 0.1) is 0 Å². The summed E-state index contributed by atoms with van der Waals surface area (Å²) in [5.41, 5.74) is 6.38. The van der Waals surface area contributed by atoms with Crippen LogP contribution in [0.25, 0.3) is 0 Å². The second kappa shape index (κ2) is 6.66. The van der Waals surface area contributed by atoms with Gasteiger partial charge in [-0.1, -0.05) is 12.1 Å². The monoisotopic (exact) mass is 264 g/mol. The quantitative estimate of drug-likeness (QED) is 0.819. The maximum absolute atomic E-state index is 13.1. The average molecular weight is 264 g/mol. The third-order valence-corrected chi connectivity index (χ3v) is 3.43. The zero-order valence-electron chi connectivity index (χ0n) is 11.1. The number of carbonyl (C=O) groups excluding carboxylic acids is 1. The van der Waals surface area contributed by atoms with Crippen molar-refractivity contribution in [3.05, 3.63) is 35.6 Å². The molecule has 1 saturated carbocycles. The SMILES string of the molecule is NCCCC(=O)N(CCc1cccc(F)c1)C1CC1. The highest BCUT2D eigenvalue weighted by Crippen LogP contribution is 2.27. The Morgan fingerprint density at radius 2 is 2.21 bits per heavy atom. The van der Waals surface area contributed by atoms with Gasteiger partial charge in [-0.05, 0) is 49.9 Å². The lowest BCUT2D eigenvalue weighted by molar-refractivity contribution is -0.131. The minimum atomic E-state index is -0.218. The molecule has 0 atom stereocenters. The predicted molar refractivity (Wildman–Crippen MR) is 73.1 cm³/mol. The molecule has 1 aliphatic rings. The van der Waals surface area contributed by atoms with Gasteiger partial charge in [-0.3, -0.25) is 4.79 Å². The van der Waals surface area contributed by atoms with Gasteiger partial charge >= 0.3 is 0 Å². The molecule has 3 nitrogen and oxygen atoms in total. The largest absolute Gasteiger partial charge is 0.339 e. The lowest BCUT2D eigenvalue weighted by atomic mass is 10.1. The first kappa shape index (κ1) is 14.0. The van der Waals surface area contributed by atoms with Crippen LogP contribution in [0.5, 0.6) is 0 Å². The number of rotatable bonds is 7. The van der Waals surface area contributed by atoms with Crippen molar-refractivity contribution in [2.45, 2.75) is 38.1 Å². The standard InChI is InChI=1S/C15H21FN2O/c16-13-4-1-3-12(11-13)8-10-18(14-6-7-14)15(19)5-2-9-17/h1,3-4,11,14H,2,5-10,17H2. The van der Waals surface area contributed by atoms with Gasteiger partial charge in [-0.2, -0.15) is 0 Å². The molecule has 2 rings (SSSR count). The van der Waals surface area contributed by atoms with Crippen LogP contribution in [0.2, 0.25) is 0 Å². The minimum absolute atomic E-state index is 0.185. The van der Waals surface area contributed by atoms with Crippen molar-refractivity contribution in [2.75, 3.05) is 13.1 Å². The van der Waals surface area contributed by atoms with Crippen LogP contribution in [-0.2, 0) is 11.2 Å². The number of nitrogens with two attached hydrogens (primary N) is 1. The van der Waals surface area contributed by atoms with E-state index < -0.39 is 0 Å². The fourth-order valence-electron chi connectivity index (χ4n) is 2.24. The highest BCUT2D eigenvalue weighted by molar-refractivity contribution is 5.76. The normalized spacial score (nSPS) is 14.4. The zero-order valence-corrected chi connectivity index (χ0v) is 11.1. The van der Waals surface area contributed by atoms with Crippen LogP contribution in [0, 0.1) is 5.82 Å². The van der Waals surface area contributed by atoms with E-state index in [-0.39, 0.29) is 11.7 Å². The van der Waals surface area contributed by atoms with E-state index >= 15 is 0 Å². The Bertz CT molecular complexity index is 432. The van der Waals surface area contributed by atoms with Crippen molar-refractivity contribution in [3.8, 4) is 0 Å². The molecule has 1 fully saturated rings. The lowest BCUT2D eigenvalue weighted by Gasteiger charge is -2.22. The Labute approximate surface area is 113 Å². The van der Waals surface area contributed by atoms with Crippen molar-refractivity contribution in [3.63, 3.8) is 0 Å². The maximum atomic E-state index is 13.1. The van der Waals surface area contributed by atoms with Crippen LogP contribution >= 0.6 is 0 Å². The van der Waals surface area contributed by atoms with Gasteiger partial charge in [0.25, 0.3) is 0 Å².